The molecule has 130 valence electrons. The third-order valence-corrected chi connectivity index (χ3v) is 4.31. The van der Waals surface area contributed by atoms with E-state index < -0.39 is 0 Å². The standard InChI is InChI=1S/C8H9BrN4O.C6H3BrClN3/c9-6-5-11-8-2-1-7(10-3-4-14)12-13(6)8;7-4-3-9-6-2-1-5(8)10-11(4)6/h1-2,5,14H,3-4H2,(H,10,12);1-3H. The summed E-state index contributed by atoms with van der Waals surface area (Å²) in [7, 11) is 0. The molecular formula is C14H12Br2ClN7O. The minimum absolute atomic E-state index is 0.0881. The van der Waals surface area contributed by atoms with E-state index in [1.54, 1.807) is 33.6 Å². The van der Waals surface area contributed by atoms with Gasteiger partial charge in [-0.25, -0.2) is 19.0 Å². The predicted octanol–water partition coefficient (Wildman–Crippen LogP) is 3.04. The number of hydrogen-bond donors (Lipinski definition) is 2. The van der Waals surface area contributed by atoms with Crippen molar-refractivity contribution in [3.05, 3.63) is 51.0 Å². The first-order chi connectivity index (χ1) is 12.1. The minimum atomic E-state index is 0.0881. The van der Waals surface area contributed by atoms with Gasteiger partial charge in [-0.2, -0.15) is 5.10 Å². The lowest BCUT2D eigenvalue weighted by Crippen LogP contribution is -2.08. The molecule has 25 heavy (non-hydrogen) atoms. The van der Waals surface area contributed by atoms with E-state index in [2.05, 4.69) is 57.3 Å². The molecule has 8 nitrogen and oxygen atoms in total. The van der Waals surface area contributed by atoms with Crippen molar-refractivity contribution in [3.63, 3.8) is 0 Å². The Labute approximate surface area is 164 Å². The van der Waals surface area contributed by atoms with Crippen LogP contribution >= 0.6 is 43.5 Å². The fourth-order valence-corrected chi connectivity index (χ4v) is 2.81. The number of fused-ring (bicyclic) bond motifs is 2. The summed E-state index contributed by atoms with van der Waals surface area (Å²) in [5, 5.41) is 20.3. The number of halogens is 3. The summed E-state index contributed by atoms with van der Waals surface area (Å²) in [6.07, 6.45) is 3.37. The van der Waals surface area contributed by atoms with E-state index in [-0.39, 0.29) is 6.61 Å². The van der Waals surface area contributed by atoms with Gasteiger partial charge in [-0.1, -0.05) is 11.6 Å². The van der Waals surface area contributed by atoms with Crippen LogP contribution in [-0.2, 0) is 0 Å². The smallest absolute Gasteiger partial charge is 0.154 e. The molecule has 0 amide bonds. The van der Waals surface area contributed by atoms with Crippen LogP contribution in [0.25, 0.3) is 11.3 Å². The molecule has 0 aromatic carbocycles. The summed E-state index contributed by atoms with van der Waals surface area (Å²) in [5.41, 5.74) is 1.56. The zero-order valence-electron chi connectivity index (χ0n) is 12.6. The quantitative estimate of drug-likeness (QED) is 0.460. The van der Waals surface area contributed by atoms with Crippen molar-refractivity contribution in [2.24, 2.45) is 0 Å². The maximum absolute atomic E-state index is 8.64. The van der Waals surface area contributed by atoms with Gasteiger partial charge in [0.05, 0.1) is 19.0 Å². The molecule has 0 bridgehead atoms. The fourth-order valence-electron chi connectivity index (χ4n) is 1.95. The first kappa shape index (κ1) is 18.1. The molecule has 4 rings (SSSR count). The van der Waals surface area contributed by atoms with E-state index in [9.17, 15) is 0 Å². The van der Waals surface area contributed by atoms with Crippen molar-refractivity contribution in [1.82, 2.24) is 29.2 Å². The van der Waals surface area contributed by atoms with E-state index in [0.717, 1.165) is 20.5 Å². The van der Waals surface area contributed by atoms with Crippen molar-refractivity contribution >= 4 is 60.6 Å². The van der Waals surface area contributed by atoms with Crippen LogP contribution in [0.5, 0.6) is 0 Å². The highest BCUT2D eigenvalue weighted by Gasteiger charge is 2.02. The highest BCUT2D eigenvalue weighted by Crippen LogP contribution is 2.14. The second-order valence-corrected chi connectivity index (χ2v) is 6.74. The van der Waals surface area contributed by atoms with Crippen LogP contribution in [0.3, 0.4) is 0 Å². The molecule has 0 radical (unpaired) electrons. The molecular weight excluding hydrogens is 477 g/mol. The first-order valence-corrected chi connectivity index (χ1v) is 9.05. The van der Waals surface area contributed by atoms with Crippen LogP contribution in [0.1, 0.15) is 0 Å². The normalized spacial score (nSPS) is 10.7. The Kier molecular flexibility index (Phi) is 5.84. The van der Waals surface area contributed by atoms with Crippen LogP contribution in [0.15, 0.2) is 45.9 Å². The topological polar surface area (TPSA) is 92.6 Å². The van der Waals surface area contributed by atoms with Crippen molar-refractivity contribution in [3.8, 4) is 0 Å². The molecule has 0 fully saturated rings. The molecule has 0 aliphatic rings. The Bertz CT molecular complexity index is 1000. The Morgan fingerprint density at radius 1 is 0.960 bits per heavy atom. The third-order valence-electron chi connectivity index (χ3n) is 3.03. The molecule has 0 saturated heterocycles. The van der Waals surface area contributed by atoms with E-state index in [1.807, 2.05) is 12.1 Å². The van der Waals surface area contributed by atoms with Gasteiger partial charge in [-0.15, -0.1) is 5.10 Å². The van der Waals surface area contributed by atoms with E-state index in [4.69, 9.17) is 16.7 Å². The van der Waals surface area contributed by atoms with Gasteiger partial charge in [0, 0.05) is 6.54 Å². The lowest BCUT2D eigenvalue weighted by atomic mass is 10.5. The Morgan fingerprint density at radius 3 is 2.20 bits per heavy atom. The maximum atomic E-state index is 8.64. The highest BCUT2D eigenvalue weighted by atomic mass is 79.9. The Hall–Kier alpha value is -1.75. The second kappa shape index (κ2) is 8.09. The Balaban J connectivity index is 0.000000150. The fraction of sp³-hybridized carbons (Fsp3) is 0.143. The number of aliphatic hydroxyl groups is 1. The average Bonchev–Trinajstić information content (AvgIpc) is 3.17. The number of imidazole rings is 2. The van der Waals surface area contributed by atoms with Crippen LogP contribution in [0.2, 0.25) is 5.15 Å². The van der Waals surface area contributed by atoms with Crippen LogP contribution < -0.4 is 5.32 Å². The van der Waals surface area contributed by atoms with Crippen molar-refractivity contribution in [2.75, 3.05) is 18.5 Å². The molecule has 0 atom stereocenters. The molecule has 4 aromatic rings. The van der Waals surface area contributed by atoms with Crippen LogP contribution in [-0.4, -0.2) is 47.5 Å². The highest BCUT2D eigenvalue weighted by molar-refractivity contribution is 9.10. The monoisotopic (exact) mass is 487 g/mol. The first-order valence-electron chi connectivity index (χ1n) is 7.09. The molecule has 4 aromatic heterocycles. The van der Waals surface area contributed by atoms with Gasteiger partial charge in [-0.05, 0) is 56.1 Å². The lowest BCUT2D eigenvalue weighted by Gasteiger charge is -2.03. The number of rotatable bonds is 3. The molecule has 4 heterocycles. The predicted molar refractivity (Wildman–Crippen MR) is 102 cm³/mol. The molecule has 0 spiro atoms. The molecule has 0 aliphatic carbocycles. The molecule has 2 N–H and O–H groups in total. The number of anilines is 1. The van der Waals surface area contributed by atoms with E-state index >= 15 is 0 Å². The summed E-state index contributed by atoms with van der Waals surface area (Å²) < 4.78 is 4.91. The number of nitrogens with zero attached hydrogens (tertiary/aromatic N) is 6. The van der Waals surface area contributed by atoms with Crippen LogP contribution in [0, 0.1) is 0 Å². The van der Waals surface area contributed by atoms with Crippen molar-refractivity contribution in [2.45, 2.75) is 0 Å². The summed E-state index contributed by atoms with van der Waals surface area (Å²) in [6, 6.07) is 7.19. The lowest BCUT2D eigenvalue weighted by molar-refractivity contribution is 0.311. The van der Waals surface area contributed by atoms with Gasteiger partial charge in [0.15, 0.2) is 11.3 Å². The number of hydrogen-bond acceptors (Lipinski definition) is 6. The number of aliphatic hydroxyl groups excluding tert-OH is 1. The van der Waals surface area contributed by atoms with Gasteiger partial charge in [0.25, 0.3) is 0 Å². The van der Waals surface area contributed by atoms with Crippen molar-refractivity contribution in [1.29, 1.82) is 0 Å². The maximum Gasteiger partial charge on any atom is 0.154 e. The van der Waals surface area contributed by atoms with Gasteiger partial charge in [0.2, 0.25) is 0 Å². The summed E-state index contributed by atoms with van der Waals surface area (Å²) in [6.45, 7) is 0.579. The molecule has 0 saturated carbocycles. The SMILES string of the molecule is Clc1ccc2ncc(Br)n2n1.OCCNc1ccc2ncc(Br)n2n1. The minimum Gasteiger partial charge on any atom is -0.395 e. The van der Waals surface area contributed by atoms with Crippen LogP contribution in [0.4, 0.5) is 5.82 Å². The van der Waals surface area contributed by atoms with E-state index in [0.29, 0.717) is 17.5 Å². The summed E-state index contributed by atoms with van der Waals surface area (Å²) >= 11 is 12.3. The molecule has 0 unspecified atom stereocenters. The second-order valence-electron chi connectivity index (χ2n) is 4.73. The van der Waals surface area contributed by atoms with Crippen molar-refractivity contribution < 1.29 is 5.11 Å². The molecule has 11 heteroatoms. The largest absolute Gasteiger partial charge is 0.395 e. The van der Waals surface area contributed by atoms with Gasteiger partial charge in [-0.3, -0.25) is 0 Å². The molecule has 0 aliphatic heterocycles. The van der Waals surface area contributed by atoms with Gasteiger partial charge >= 0.3 is 0 Å². The zero-order valence-corrected chi connectivity index (χ0v) is 16.6. The Morgan fingerprint density at radius 2 is 1.56 bits per heavy atom. The number of nitrogens with one attached hydrogen (secondary N) is 1. The third kappa shape index (κ3) is 4.27. The van der Waals surface area contributed by atoms with Gasteiger partial charge < -0.3 is 10.4 Å². The summed E-state index contributed by atoms with van der Waals surface area (Å²) in [5.74, 6) is 0.713. The summed E-state index contributed by atoms with van der Waals surface area (Å²) in [4.78, 5) is 8.17. The zero-order chi connectivity index (χ0) is 17.8. The number of aromatic nitrogens is 6. The van der Waals surface area contributed by atoms with Gasteiger partial charge in [0.1, 0.15) is 20.2 Å². The van der Waals surface area contributed by atoms with E-state index in [1.165, 1.54) is 0 Å². The average molecular weight is 490 g/mol.